The van der Waals surface area contributed by atoms with Crippen LogP contribution in [0.4, 0.5) is 0 Å². The van der Waals surface area contributed by atoms with E-state index in [1.807, 2.05) is 84.9 Å². The molecule has 0 N–H and O–H groups in total. The first-order valence-corrected chi connectivity index (χ1v) is 11.2. The minimum atomic E-state index is -0.254. The molecule has 0 spiro atoms. The first kappa shape index (κ1) is 19.9. The first-order valence-electron chi connectivity index (χ1n) is 10.4. The molecule has 0 aliphatic carbocycles. The van der Waals surface area contributed by atoms with E-state index < -0.39 is 0 Å². The largest absolute Gasteiger partial charge is 0.284 e. The number of nitrogens with zero attached hydrogens (tertiary/aromatic N) is 2. The van der Waals surface area contributed by atoms with E-state index in [9.17, 15) is 4.79 Å². The third-order valence-corrected chi connectivity index (χ3v) is 6.23. The molecule has 4 aromatic carbocycles. The van der Waals surface area contributed by atoms with Crippen LogP contribution in [0.2, 0.25) is 0 Å². The van der Waals surface area contributed by atoms with Crippen molar-refractivity contribution in [3.63, 3.8) is 0 Å². The lowest BCUT2D eigenvalue weighted by molar-refractivity contribution is 0.0998. The molecule has 0 atom stereocenters. The summed E-state index contributed by atoms with van der Waals surface area (Å²) in [6, 6.07) is 39.8. The van der Waals surface area contributed by atoms with Crippen molar-refractivity contribution in [3.05, 3.63) is 132 Å². The number of benzene rings is 4. The van der Waals surface area contributed by atoms with E-state index >= 15 is 0 Å². The fourth-order valence-electron chi connectivity index (χ4n) is 3.65. The maximum atomic E-state index is 13.0. The van der Waals surface area contributed by atoms with Crippen molar-refractivity contribution in [2.24, 2.45) is 4.99 Å². The van der Waals surface area contributed by atoms with Crippen LogP contribution in [0.3, 0.4) is 0 Å². The van der Waals surface area contributed by atoms with Gasteiger partial charge in [0, 0.05) is 16.8 Å². The number of para-hydroxylation sites is 1. The van der Waals surface area contributed by atoms with Gasteiger partial charge in [-0.15, -0.1) is 0 Å². The second-order valence-corrected chi connectivity index (χ2v) is 8.23. The second-order valence-electron chi connectivity index (χ2n) is 7.25. The van der Waals surface area contributed by atoms with Crippen LogP contribution in [0.5, 0.6) is 0 Å². The number of aromatic nitrogens is 1. The number of hydrogen-bond donors (Lipinski definition) is 0. The van der Waals surface area contributed by atoms with Crippen LogP contribution in [-0.4, -0.2) is 10.5 Å². The van der Waals surface area contributed by atoms with Crippen LogP contribution in [0, 0.1) is 0 Å². The highest BCUT2D eigenvalue weighted by Gasteiger charge is 2.19. The third-order valence-electron chi connectivity index (χ3n) is 5.14. The van der Waals surface area contributed by atoms with Gasteiger partial charge in [-0.2, -0.15) is 4.99 Å². The molecule has 0 aliphatic rings. The fourth-order valence-corrected chi connectivity index (χ4v) is 4.80. The highest BCUT2D eigenvalue weighted by molar-refractivity contribution is 7.13. The van der Waals surface area contributed by atoms with Gasteiger partial charge in [0.25, 0.3) is 5.91 Å². The summed E-state index contributed by atoms with van der Waals surface area (Å²) in [7, 11) is 0. The van der Waals surface area contributed by atoms with E-state index in [1.165, 1.54) is 11.3 Å². The minimum Gasteiger partial charge on any atom is -0.284 e. The number of rotatable bonds is 4. The minimum absolute atomic E-state index is 0.254. The first-order chi connectivity index (χ1) is 15.8. The molecular formula is C28H20N2OS. The van der Waals surface area contributed by atoms with Crippen molar-refractivity contribution in [1.29, 1.82) is 0 Å². The van der Waals surface area contributed by atoms with Crippen molar-refractivity contribution >= 4 is 17.2 Å². The molecule has 154 valence electrons. The molecule has 1 aromatic heterocycles. The molecule has 0 unspecified atom stereocenters. The smallest absolute Gasteiger partial charge is 0.279 e. The molecule has 1 heterocycles. The highest BCUT2D eigenvalue weighted by atomic mass is 32.1. The van der Waals surface area contributed by atoms with Gasteiger partial charge in [-0.1, -0.05) is 108 Å². The third kappa shape index (κ3) is 3.96. The summed E-state index contributed by atoms with van der Waals surface area (Å²) in [6.07, 6.45) is 0. The monoisotopic (exact) mass is 432 g/mol. The van der Waals surface area contributed by atoms with Crippen LogP contribution < -0.4 is 4.80 Å². The zero-order chi connectivity index (χ0) is 21.8. The molecule has 3 nitrogen and oxygen atoms in total. The van der Waals surface area contributed by atoms with Crippen LogP contribution in [0.25, 0.3) is 27.4 Å². The summed E-state index contributed by atoms with van der Waals surface area (Å²) < 4.78 is 2.09. The van der Waals surface area contributed by atoms with E-state index in [0.717, 1.165) is 27.4 Å². The van der Waals surface area contributed by atoms with Crippen molar-refractivity contribution in [1.82, 2.24) is 4.57 Å². The van der Waals surface area contributed by atoms with Gasteiger partial charge >= 0.3 is 0 Å². The van der Waals surface area contributed by atoms with Gasteiger partial charge in [-0.05, 0) is 29.8 Å². The second kappa shape index (κ2) is 9.00. The normalized spacial score (nSPS) is 11.4. The van der Waals surface area contributed by atoms with Gasteiger partial charge in [-0.25, -0.2) is 0 Å². The maximum Gasteiger partial charge on any atom is 0.279 e. The van der Waals surface area contributed by atoms with Crippen molar-refractivity contribution < 1.29 is 4.79 Å². The van der Waals surface area contributed by atoms with Crippen molar-refractivity contribution in [2.75, 3.05) is 0 Å². The molecule has 0 saturated carbocycles. The Labute approximate surface area is 190 Å². The predicted molar refractivity (Wildman–Crippen MR) is 131 cm³/mol. The number of carbonyl (C=O) groups is 1. The number of amides is 1. The molecule has 0 fully saturated rings. The average Bonchev–Trinajstić information content (AvgIpc) is 3.25. The fraction of sp³-hybridized carbons (Fsp3) is 0. The zero-order valence-electron chi connectivity index (χ0n) is 17.3. The van der Waals surface area contributed by atoms with Gasteiger partial charge in [-0.3, -0.25) is 9.36 Å². The van der Waals surface area contributed by atoms with Gasteiger partial charge in [0.2, 0.25) is 0 Å². The molecule has 0 aliphatic heterocycles. The van der Waals surface area contributed by atoms with Crippen LogP contribution in [0.1, 0.15) is 10.4 Å². The van der Waals surface area contributed by atoms with E-state index in [-0.39, 0.29) is 5.91 Å². The topological polar surface area (TPSA) is 34.4 Å². The molecule has 32 heavy (non-hydrogen) atoms. The Morgan fingerprint density at radius 2 is 1.12 bits per heavy atom. The Kier molecular flexibility index (Phi) is 5.60. The molecule has 0 saturated heterocycles. The Hall–Kier alpha value is -4.02. The van der Waals surface area contributed by atoms with Crippen molar-refractivity contribution in [3.8, 4) is 27.4 Å². The Morgan fingerprint density at radius 3 is 1.72 bits per heavy atom. The van der Waals surface area contributed by atoms with E-state index in [0.29, 0.717) is 10.4 Å². The highest BCUT2D eigenvalue weighted by Crippen LogP contribution is 2.36. The molecule has 5 rings (SSSR count). The SMILES string of the molecule is O=C(N=c1sc(-c2ccccc2)c(-c2ccccc2)n1-c1ccccc1)c1ccccc1. The number of thiazole rings is 1. The lowest BCUT2D eigenvalue weighted by Crippen LogP contribution is -2.16. The molecule has 1 amide bonds. The number of hydrogen-bond acceptors (Lipinski definition) is 2. The summed E-state index contributed by atoms with van der Waals surface area (Å²) >= 11 is 1.53. The summed E-state index contributed by atoms with van der Waals surface area (Å²) in [6.45, 7) is 0. The summed E-state index contributed by atoms with van der Waals surface area (Å²) in [5.41, 5.74) is 4.72. The standard InChI is InChI=1S/C28H20N2OS/c31-27(23-17-9-3-10-18-23)29-28-30(24-19-11-4-12-20-24)25(21-13-5-1-6-14-21)26(32-28)22-15-7-2-8-16-22/h1-20H. The molecule has 4 heteroatoms. The lowest BCUT2D eigenvalue weighted by Gasteiger charge is -2.11. The predicted octanol–water partition coefficient (Wildman–Crippen LogP) is 6.61. The summed E-state index contributed by atoms with van der Waals surface area (Å²) in [5, 5.41) is 0. The van der Waals surface area contributed by atoms with Gasteiger partial charge in [0.15, 0.2) is 4.80 Å². The lowest BCUT2D eigenvalue weighted by atomic mass is 10.1. The maximum absolute atomic E-state index is 13.0. The Morgan fingerprint density at radius 1 is 0.625 bits per heavy atom. The average molecular weight is 433 g/mol. The summed E-state index contributed by atoms with van der Waals surface area (Å²) in [5.74, 6) is -0.254. The van der Waals surface area contributed by atoms with E-state index in [4.69, 9.17) is 0 Å². The van der Waals surface area contributed by atoms with E-state index in [1.54, 1.807) is 12.1 Å². The Bertz CT molecular complexity index is 1400. The molecule has 0 radical (unpaired) electrons. The quantitative estimate of drug-likeness (QED) is 0.314. The van der Waals surface area contributed by atoms with Crippen molar-refractivity contribution in [2.45, 2.75) is 0 Å². The van der Waals surface area contributed by atoms with Gasteiger partial charge < -0.3 is 0 Å². The van der Waals surface area contributed by atoms with Crippen LogP contribution in [-0.2, 0) is 0 Å². The number of carbonyl (C=O) groups excluding carboxylic acids is 1. The summed E-state index contributed by atoms with van der Waals surface area (Å²) in [4.78, 5) is 19.3. The van der Waals surface area contributed by atoms with Gasteiger partial charge in [0.05, 0.1) is 10.6 Å². The Balaban J connectivity index is 1.84. The van der Waals surface area contributed by atoms with Crippen LogP contribution >= 0.6 is 11.3 Å². The molecule has 5 aromatic rings. The zero-order valence-corrected chi connectivity index (χ0v) is 18.1. The molecular weight excluding hydrogens is 412 g/mol. The van der Waals surface area contributed by atoms with Gasteiger partial charge in [0.1, 0.15) is 0 Å². The molecule has 0 bridgehead atoms. The van der Waals surface area contributed by atoms with Crippen LogP contribution in [0.15, 0.2) is 126 Å². The van der Waals surface area contributed by atoms with E-state index in [2.05, 4.69) is 33.8 Å².